The zero-order chi connectivity index (χ0) is 13.8. The van der Waals surface area contributed by atoms with Crippen LogP contribution in [0.1, 0.15) is 11.5 Å². The van der Waals surface area contributed by atoms with Crippen molar-refractivity contribution in [3.8, 4) is 10.8 Å². The molecule has 0 saturated carbocycles. The van der Waals surface area contributed by atoms with Gasteiger partial charge in [0.1, 0.15) is 12.9 Å². The maximum absolute atomic E-state index is 5.45. The molecule has 0 atom stereocenters. The monoisotopic (exact) mass is 308 g/mol. The highest BCUT2D eigenvalue weighted by Crippen LogP contribution is 2.24. The van der Waals surface area contributed by atoms with Crippen molar-refractivity contribution >= 4 is 28.0 Å². The van der Waals surface area contributed by atoms with Crippen molar-refractivity contribution in [1.29, 1.82) is 0 Å². The standard InChI is InChI=1S/C12H12N4O2S2/c1-17-7-10-15-12(20-16-10)13-5-8-6-18-11(14-8)9-3-2-4-19-9/h2-4,6H,5,7H2,1H3,(H,13,15,16). The fourth-order valence-electron chi connectivity index (χ4n) is 1.58. The smallest absolute Gasteiger partial charge is 0.236 e. The number of anilines is 1. The molecule has 1 N–H and O–H groups in total. The molecule has 0 aliphatic heterocycles. The van der Waals surface area contributed by atoms with Crippen molar-refractivity contribution in [3.63, 3.8) is 0 Å². The number of rotatable bonds is 6. The number of oxazole rings is 1. The summed E-state index contributed by atoms with van der Waals surface area (Å²) < 4.78 is 14.6. The third kappa shape index (κ3) is 3.03. The first-order chi connectivity index (χ1) is 9.85. The lowest BCUT2D eigenvalue weighted by Crippen LogP contribution is -1.99. The van der Waals surface area contributed by atoms with Crippen LogP contribution in [0.15, 0.2) is 28.2 Å². The molecule has 0 amide bonds. The van der Waals surface area contributed by atoms with Gasteiger partial charge in [0.25, 0.3) is 0 Å². The zero-order valence-corrected chi connectivity index (χ0v) is 12.3. The molecule has 20 heavy (non-hydrogen) atoms. The fraction of sp³-hybridized carbons (Fsp3) is 0.250. The molecule has 0 aliphatic rings. The molecule has 3 heterocycles. The third-order valence-corrected chi connectivity index (χ3v) is 4.01. The van der Waals surface area contributed by atoms with E-state index in [9.17, 15) is 0 Å². The minimum Gasteiger partial charge on any atom is -0.443 e. The first-order valence-corrected chi connectivity index (χ1v) is 7.54. The Morgan fingerprint density at radius 3 is 3.15 bits per heavy atom. The van der Waals surface area contributed by atoms with Gasteiger partial charge in [-0.1, -0.05) is 6.07 Å². The van der Waals surface area contributed by atoms with Crippen LogP contribution in [0.4, 0.5) is 5.13 Å². The van der Waals surface area contributed by atoms with Gasteiger partial charge in [-0.15, -0.1) is 11.3 Å². The summed E-state index contributed by atoms with van der Waals surface area (Å²) in [4.78, 5) is 9.73. The normalized spacial score (nSPS) is 10.8. The van der Waals surface area contributed by atoms with Crippen LogP contribution in [0.3, 0.4) is 0 Å². The molecule has 0 fully saturated rings. The first kappa shape index (κ1) is 13.2. The number of aromatic nitrogens is 3. The Kier molecular flexibility index (Phi) is 4.05. The van der Waals surface area contributed by atoms with Gasteiger partial charge < -0.3 is 14.5 Å². The Labute approximate surface area is 123 Å². The Bertz CT molecular complexity index is 663. The molecular formula is C12H12N4O2S2. The van der Waals surface area contributed by atoms with Crippen molar-refractivity contribution in [3.05, 3.63) is 35.3 Å². The summed E-state index contributed by atoms with van der Waals surface area (Å²) in [5.74, 6) is 1.33. The molecule has 3 aromatic heterocycles. The fourth-order valence-corrected chi connectivity index (χ4v) is 2.80. The van der Waals surface area contributed by atoms with Crippen molar-refractivity contribution in [2.75, 3.05) is 12.4 Å². The first-order valence-electron chi connectivity index (χ1n) is 5.89. The highest BCUT2D eigenvalue weighted by molar-refractivity contribution is 7.13. The van der Waals surface area contributed by atoms with Crippen molar-refractivity contribution in [1.82, 2.24) is 14.3 Å². The largest absolute Gasteiger partial charge is 0.443 e. The molecule has 8 heteroatoms. The summed E-state index contributed by atoms with van der Waals surface area (Å²) in [6.07, 6.45) is 1.65. The lowest BCUT2D eigenvalue weighted by molar-refractivity contribution is 0.179. The van der Waals surface area contributed by atoms with Crippen LogP contribution in [-0.4, -0.2) is 21.5 Å². The van der Waals surface area contributed by atoms with Crippen LogP contribution in [0.2, 0.25) is 0 Å². The quantitative estimate of drug-likeness (QED) is 0.754. The van der Waals surface area contributed by atoms with Crippen LogP contribution in [0.5, 0.6) is 0 Å². The summed E-state index contributed by atoms with van der Waals surface area (Å²) in [6.45, 7) is 0.973. The van der Waals surface area contributed by atoms with Gasteiger partial charge in [-0.2, -0.15) is 4.37 Å². The van der Waals surface area contributed by atoms with Crippen molar-refractivity contribution < 1.29 is 9.15 Å². The Balaban J connectivity index is 1.60. The van der Waals surface area contributed by atoms with E-state index < -0.39 is 0 Å². The Morgan fingerprint density at radius 1 is 1.40 bits per heavy atom. The van der Waals surface area contributed by atoms with Crippen LogP contribution >= 0.6 is 22.9 Å². The summed E-state index contributed by atoms with van der Waals surface area (Å²) in [7, 11) is 1.62. The summed E-state index contributed by atoms with van der Waals surface area (Å²) in [6, 6.07) is 3.95. The lowest BCUT2D eigenvalue weighted by Gasteiger charge is -1.96. The van der Waals surface area contributed by atoms with Crippen LogP contribution in [0, 0.1) is 0 Å². The molecule has 3 aromatic rings. The van der Waals surface area contributed by atoms with E-state index in [2.05, 4.69) is 19.7 Å². The van der Waals surface area contributed by atoms with E-state index in [0.717, 1.165) is 15.7 Å². The summed E-state index contributed by atoms with van der Waals surface area (Å²) >= 11 is 2.91. The van der Waals surface area contributed by atoms with E-state index in [1.165, 1.54) is 11.5 Å². The molecule has 0 aliphatic carbocycles. The minimum absolute atomic E-state index is 0.421. The lowest BCUT2D eigenvalue weighted by atomic mass is 10.4. The van der Waals surface area contributed by atoms with E-state index in [4.69, 9.17) is 9.15 Å². The molecule has 6 nitrogen and oxygen atoms in total. The average molecular weight is 308 g/mol. The maximum Gasteiger partial charge on any atom is 0.236 e. The molecule has 104 valence electrons. The molecule has 0 saturated heterocycles. The highest BCUT2D eigenvalue weighted by Gasteiger charge is 2.08. The SMILES string of the molecule is COCc1nsc(NCc2coc(-c3cccs3)n2)n1. The van der Waals surface area contributed by atoms with Gasteiger partial charge in [-0.25, -0.2) is 9.97 Å². The van der Waals surface area contributed by atoms with Gasteiger partial charge >= 0.3 is 0 Å². The Morgan fingerprint density at radius 2 is 2.35 bits per heavy atom. The molecule has 0 spiro atoms. The van der Waals surface area contributed by atoms with Gasteiger partial charge in [-0.3, -0.25) is 0 Å². The molecule has 0 bridgehead atoms. The van der Waals surface area contributed by atoms with Crippen molar-refractivity contribution in [2.24, 2.45) is 0 Å². The highest BCUT2D eigenvalue weighted by atomic mass is 32.1. The van der Waals surface area contributed by atoms with E-state index in [-0.39, 0.29) is 0 Å². The van der Waals surface area contributed by atoms with E-state index >= 15 is 0 Å². The number of ether oxygens (including phenoxy) is 1. The second-order valence-electron chi connectivity index (χ2n) is 3.92. The van der Waals surface area contributed by atoms with E-state index in [1.807, 2.05) is 17.5 Å². The Hall–Kier alpha value is -1.77. The molecular weight excluding hydrogens is 296 g/mol. The minimum atomic E-state index is 0.421. The topological polar surface area (TPSA) is 73.1 Å². The number of hydrogen-bond donors (Lipinski definition) is 1. The zero-order valence-electron chi connectivity index (χ0n) is 10.7. The molecule has 3 rings (SSSR count). The van der Waals surface area contributed by atoms with Gasteiger partial charge in [0, 0.05) is 18.6 Å². The average Bonchev–Trinajstić information content (AvgIpc) is 3.18. The maximum atomic E-state index is 5.45. The number of nitrogens with one attached hydrogen (secondary N) is 1. The second kappa shape index (κ2) is 6.12. The number of nitrogens with zero attached hydrogens (tertiary/aromatic N) is 3. The predicted molar refractivity (Wildman–Crippen MR) is 77.8 cm³/mol. The van der Waals surface area contributed by atoms with Crippen molar-refractivity contribution in [2.45, 2.75) is 13.2 Å². The van der Waals surface area contributed by atoms with Crippen LogP contribution < -0.4 is 5.32 Å². The molecule has 0 radical (unpaired) electrons. The second-order valence-corrected chi connectivity index (χ2v) is 5.62. The summed E-state index contributed by atoms with van der Waals surface area (Å²) in [5.41, 5.74) is 0.830. The molecule has 0 unspecified atom stereocenters. The van der Waals surface area contributed by atoms with Crippen LogP contribution in [-0.2, 0) is 17.9 Å². The third-order valence-electron chi connectivity index (χ3n) is 2.45. The number of thiophene rings is 1. The van der Waals surface area contributed by atoms with E-state index in [0.29, 0.717) is 24.9 Å². The van der Waals surface area contributed by atoms with Gasteiger partial charge in [0.15, 0.2) is 5.82 Å². The molecule has 0 aromatic carbocycles. The van der Waals surface area contributed by atoms with Gasteiger partial charge in [-0.05, 0) is 11.4 Å². The van der Waals surface area contributed by atoms with Gasteiger partial charge in [0.05, 0.1) is 17.1 Å². The number of hydrogen-bond acceptors (Lipinski definition) is 8. The van der Waals surface area contributed by atoms with Gasteiger partial charge in [0.2, 0.25) is 11.0 Å². The van der Waals surface area contributed by atoms with Crippen LogP contribution in [0.25, 0.3) is 10.8 Å². The summed E-state index contributed by atoms with van der Waals surface area (Å²) in [5, 5.41) is 5.91. The number of methoxy groups -OCH3 is 1. The van der Waals surface area contributed by atoms with E-state index in [1.54, 1.807) is 24.7 Å². The predicted octanol–water partition coefficient (Wildman–Crippen LogP) is 3.01.